The van der Waals surface area contributed by atoms with Crippen molar-refractivity contribution in [2.45, 2.75) is 33.8 Å². The largest absolute Gasteiger partial charge is 0.481 e. The van der Waals surface area contributed by atoms with Crippen molar-refractivity contribution in [3.05, 3.63) is 59.2 Å². The first-order valence-corrected chi connectivity index (χ1v) is 8.38. The Morgan fingerprint density at radius 1 is 1.00 bits per heavy atom. The standard InChI is InChI=1S/C20H21N3O3/c1-12-5-7-16(8-6-12)18-19(23-26-22-18)21-20(24)15(4)25-17-10-13(2)9-14(3)11-17/h5-11,15H,1-4H3,(H,21,23,24)/t15-/m1/s1. The highest BCUT2D eigenvalue weighted by Crippen LogP contribution is 2.25. The quantitative estimate of drug-likeness (QED) is 0.750. The Hall–Kier alpha value is -3.15. The predicted octanol–water partition coefficient (Wildman–Crippen LogP) is 4.07. The SMILES string of the molecule is Cc1ccc(-c2nonc2NC(=O)[C@@H](C)Oc2cc(C)cc(C)c2)cc1. The molecule has 1 amide bonds. The molecule has 26 heavy (non-hydrogen) atoms. The molecule has 0 spiro atoms. The average Bonchev–Trinajstić information content (AvgIpc) is 3.02. The van der Waals surface area contributed by atoms with E-state index in [0.717, 1.165) is 22.3 Å². The predicted molar refractivity (Wildman–Crippen MR) is 99.1 cm³/mol. The highest BCUT2D eigenvalue weighted by atomic mass is 16.6. The molecule has 6 nitrogen and oxygen atoms in total. The molecule has 0 radical (unpaired) electrons. The number of anilines is 1. The van der Waals surface area contributed by atoms with Crippen molar-refractivity contribution >= 4 is 11.7 Å². The Kier molecular flexibility index (Phi) is 5.02. The number of carbonyl (C=O) groups excluding carboxylic acids is 1. The summed E-state index contributed by atoms with van der Waals surface area (Å²) in [5.74, 6) is 0.602. The zero-order valence-corrected chi connectivity index (χ0v) is 15.2. The number of hydrogen-bond donors (Lipinski definition) is 1. The van der Waals surface area contributed by atoms with Crippen molar-refractivity contribution in [3.8, 4) is 17.0 Å². The lowest BCUT2D eigenvalue weighted by Crippen LogP contribution is -2.30. The molecule has 6 heteroatoms. The number of amides is 1. The van der Waals surface area contributed by atoms with Crippen LogP contribution in [0.2, 0.25) is 0 Å². The number of carbonyl (C=O) groups is 1. The Morgan fingerprint density at radius 3 is 2.31 bits per heavy atom. The van der Waals surface area contributed by atoms with Crippen molar-refractivity contribution < 1.29 is 14.2 Å². The second-order valence-electron chi connectivity index (χ2n) is 6.40. The summed E-state index contributed by atoms with van der Waals surface area (Å²) in [7, 11) is 0. The van der Waals surface area contributed by atoms with Crippen LogP contribution in [0.15, 0.2) is 47.1 Å². The van der Waals surface area contributed by atoms with E-state index in [2.05, 4.69) is 15.6 Å². The van der Waals surface area contributed by atoms with E-state index in [1.807, 2.05) is 63.2 Å². The van der Waals surface area contributed by atoms with E-state index in [1.165, 1.54) is 0 Å². The number of ether oxygens (including phenoxy) is 1. The molecule has 0 aliphatic heterocycles. The van der Waals surface area contributed by atoms with Gasteiger partial charge in [-0.05, 0) is 61.3 Å². The lowest BCUT2D eigenvalue weighted by Gasteiger charge is -2.15. The lowest BCUT2D eigenvalue weighted by molar-refractivity contribution is -0.122. The molecule has 1 heterocycles. The van der Waals surface area contributed by atoms with E-state index >= 15 is 0 Å². The Bertz CT molecular complexity index is 896. The number of hydrogen-bond acceptors (Lipinski definition) is 5. The maximum atomic E-state index is 12.5. The monoisotopic (exact) mass is 351 g/mol. The summed E-state index contributed by atoms with van der Waals surface area (Å²) < 4.78 is 10.6. The zero-order valence-electron chi connectivity index (χ0n) is 15.2. The first kappa shape index (κ1) is 17.7. The van der Waals surface area contributed by atoms with Gasteiger partial charge in [0.2, 0.25) is 5.82 Å². The van der Waals surface area contributed by atoms with Crippen LogP contribution in [0, 0.1) is 20.8 Å². The summed E-state index contributed by atoms with van der Waals surface area (Å²) in [6.45, 7) is 7.66. The molecule has 2 aromatic carbocycles. The highest BCUT2D eigenvalue weighted by Gasteiger charge is 2.20. The molecule has 1 N–H and O–H groups in total. The van der Waals surface area contributed by atoms with Crippen molar-refractivity contribution in [2.24, 2.45) is 0 Å². The molecule has 0 saturated heterocycles. The second-order valence-corrected chi connectivity index (χ2v) is 6.40. The van der Waals surface area contributed by atoms with Crippen LogP contribution in [0.4, 0.5) is 5.82 Å². The summed E-state index contributed by atoms with van der Waals surface area (Å²) in [6, 6.07) is 13.6. The normalized spacial score (nSPS) is 11.8. The number of nitrogens with zero attached hydrogens (tertiary/aromatic N) is 2. The van der Waals surface area contributed by atoms with E-state index in [1.54, 1.807) is 6.92 Å². The van der Waals surface area contributed by atoms with E-state index in [9.17, 15) is 4.79 Å². The molecule has 0 saturated carbocycles. The summed E-state index contributed by atoms with van der Waals surface area (Å²) in [4.78, 5) is 12.5. The van der Waals surface area contributed by atoms with E-state index in [0.29, 0.717) is 11.4 Å². The van der Waals surface area contributed by atoms with Crippen LogP contribution in [0.1, 0.15) is 23.6 Å². The maximum Gasteiger partial charge on any atom is 0.266 e. The van der Waals surface area contributed by atoms with Crippen LogP contribution in [0.3, 0.4) is 0 Å². The minimum absolute atomic E-state index is 0.273. The van der Waals surface area contributed by atoms with Gasteiger partial charge < -0.3 is 10.1 Å². The van der Waals surface area contributed by atoms with Gasteiger partial charge in [-0.25, -0.2) is 4.63 Å². The molecule has 3 rings (SSSR count). The third-order valence-corrected chi connectivity index (χ3v) is 3.93. The highest BCUT2D eigenvalue weighted by molar-refractivity contribution is 5.95. The van der Waals surface area contributed by atoms with Gasteiger partial charge in [0.25, 0.3) is 5.91 Å². The first-order chi connectivity index (χ1) is 12.4. The van der Waals surface area contributed by atoms with Crippen molar-refractivity contribution in [1.29, 1.82) is 0 Å². The fraction of sp³-hybridized carbons (Fsp3) is 0.250. The van der Waals surface area contributed by atoms with Crippen LogP contribution in [-0.4, -0.2) is 22.3 Å². The number of aromatic nitrogens is 2. The Morgan fingerprint density at radius 2 is 1.65 bits per heavy atom. The fourth-order valence-electron chi connectivity index (χ4n) is 2.65. The molecule has 0 fully saturated rings. The molecule has 0 aliphatic rings. The third kappa shape index (κ3) is 4.08. The van der Waals surface area contributed by atoms with Gasteiger partial charge in [0.1, 0.15) is 5.75 Å². The molecule has 0 aliphatic carbocycles. The van der Waals surface area contributed by atoms with Crippen LogP contribution >= 0.6 is 0 Å². The van der Waals surface area contributed by atoms with Gasteiger partial charge in [-0.15, -0.1) is 0 Å². The van der Waals surface area contributed by atoms with Gasteiger partial charge in [0.05, 0.1) is 0 Å². The number of aryl methyl sites for hydroxylation is 3. The molecule has 0 unspecified atom stereocenters. The lowest BCUT2D eigenvalue weighted by atomic mass is 10.1. The van der Waals surface area contributed by atoms with Gasteiger partial charge in [0, 0.05) is 5.56 Å². The van der Waals surface area contributed by atoms with Crippen LogP contribution in [-0.2, 0) is 4.79 Å². The second kappa shape index (κ2) is 7.39. The van der Waals surface area contributed by atoms with E-state index in [4.69, 9.17) is 9.37 Å². The van der Waals surface area contributed by atoms with Crippen molar-refractivity contribution in [3.63, 3.8) is 0 Å². The fourth-order valence-corrected chi connectivity index (χ4v) is 2.65. The van der Waals surface area contributed by atoms with Gasteiger partial charge in [-0.3, -0.25) is 4.79 Å². The molecule has 1 aromatic heterocycles. The van der Waals surface area contributed by atoms with E-state index in [-0.39, 0.29) is 11.7 Å². The Labute approximate surface area is 152 Å². The van der Waals surface area contributed by atoms with Crippen LogP contribution in [0.25, 0.3) is 11.3 Å². The maximum absolute atomic E-state index is 12.5. The molecular weight excluding hydrogens is 330 g/mol. The minimum Gasteiger partial charge on any atom is -0.481 e. The van der Waals surface area contributed by atoms with Gasteiger partial charge >= 0.3 is 0 Å². The van der Waals surface area contributed by atoms with Crippen molar-refractivity contribution in [1.82, 2.24) is 10.3 Å². The number of benzene rings is 2. The first-order valence-electron chi connectivity index (χ1n) is 8.38. The van der Waals surface area contributed by atoms with E-state index < -0.39 is 6.10 Å². The van der Waals surface area contributed by atoms with Gasteiger partial charge in [0.15, 0.2) is 11.8 Å². The van der Waals surface area contributed by atoms with Gasteiger partial charge in [-0.2, -0.15) is 0 Å². The topological polar surface area (TPSA) is 77.3 Å². The molecule has 3 aromatic rings. The molecule has 1 atom stereocenters. The van der Waals surface area contributed by atoms with Crippen molar-refractivity contribution in [2.75, 3.05) is 5.32 Å². The summed E-state index contributed by atoms with van der Waals surface area (Å²) in [5.41, 5.74) is 4.59. The molecule has 0 bridgehead atoms. The van der Waals surface area contributed by atoms with Crippen LogP contribution in [0.5, 0.6) is 5.75 Å². The number of rotatable bonds is 5. The average molecular weight is 351 g/mol. The zero-order chi connectivity index (χ0) is 18.7. The third-order valence-electron chi connectivity index (χ3n) is 3.93. The molecular formula is C20H21N3O3. The van der Waals surface area contributed by atoms with Crippen LogP contribution < -0.4 is 10.1 Å². The summed E-state index contributed by atoms with van der Waals surface area (Å²) in [5, 5.41) is 10.4. The Balaban J connectivity index is 1.72. The summed E-state index contributed by atoms with van der Waals surface area (Å²) in [6.07, 6.45) is -0.696. The number of nitrogens with one attached hydrogen (secondary N) is 1. The molecule has 134 valence electrons. The minimum atomic E-state index is -0.696. The summed E-state index contributed by atoms with van der Waals surface area (Å²) >= 11 is 0. The van der Waals surface area contributed by atoms with Gasteiger partial charge in [-0.1, -0.05) is 35.9 Å². The smallest absolute Gasteiger partial charge is 0.266 e.